The zero-order chi connectivity index (χ0) is 24.3. The molecule has 186 valence electrons. The molecule has 4 aliphatic rings. The third-order valence-corrected chi connectivity index (χ3v) is 8.94. The number of aliphatic hydroxyl groups excluding tert-OH is 1. The van der Waals surface area contributed by atoms with E-state index >= 15 is 0 Å². The van der Waals surface area contributed by atoms with Crippen LogP contribution in [0.15, 0.2) is 35.9 Å². The van der Waals surface area contributed by atoms with Crippen LogP contribution >= 0.6 is 0 Å². The van der Waals surface area contributed by atoms with Gasteiger partial charge in [0.15, 0.2) is 0 Å². The highest BCUT2D eigenvalue weighted by Crippen LogP contribution is 2.56. The topological polar surface area (TPSA) is 53.0 Å². The summed E-state index contributed by atoms with van der Waals surface area (Å²) in [5.41, 5.74) is 0.824. The quantitative estimate of drug-likeness (QED) is 0.524. The SMILES string of the molecule is C[C@@H]1CCC=C2C[C@H]3OC(=O)C(CN4CCN(c5cccc(C(F)(F)F)c5)CC4)[C@H]3[C@H](O)[C@@]21C. The number of hydrogen-bond donors (Lipinski definition) is 1. The van der Waals surface area contributed by atoms with Crippen LogP contribution in [-0.2, 0) is 15.7 Å². The Bertz CT molecular complexity index is 972. The van der Waals surface area contributed by atoms with Gasteiger partial charge in [-0.2, -0.15) is 13.2 Å². The van der Waals surface area contributed by atoms with Gasteiger partial charge in [0.1, 0.15) is 6.10 Å². The van der Waals surface area contributed by atoms with Crippen molar-refractivity contribution in [1.29, 1.82) is 0 Å². The van der Waals surface area contributed by atoms with Crippen molar-refractivity contribution in [3.8, 4) is 0 Å². The first-order chi connectivity index (χ1) is 16.1. The number of anilines is 1. The number of ether oxygens (including phenoxy) is 1. The van der Waals surface area contributed by atoms with E-state index in [2.05, 4.69) is 24.8 Å². The first-order valence-electron chi connectivity index (χ1n) is 12.3. The summed E-state index contributed by atoms with van der Waals surface area (Å²) in [6, 6.07) is 5.44. The van der Waals surface area contributed by atoms with Crippen LogP contribution < -0.4 is 4.90 Å². The van der Waals surface area contributed by atoms with Gasteiger partial charge in [-0.25, -0.2) is 0 Å². The van der Waals surface area contributed by atoms with E-state index in [0.717, 1.165) is 18.9 Å². The molecule has 5 nitrogen and oxygen atoms in total. The lowest BCUT2D eigenvalue weighted by Crippen LogP contribution is -2.55. The van der Waals surface area contributed by atoms with Crippen molar-refractivity contribution in [1.82, 2.24) is 4.90 Å². The van der Waals surface area contributed by atoms with Gasteiger partial charge in [0.05, 0.1) is 17.6 Å². The standard InChI is InChI=1S/C26H33F3N2O3/c1-16-5-3-6-17-14-21-22(23(32)25(16,17)2)20(24(33)34-21)15-30-9-11-31(12-10-30)19-8-4-7-18(13-19)26(27,28)29/h4,6-8,13,16,20-23,32H,3,5,9-12,14-15H2,1-2H3/t16-,20?,21-,22-,23+,25-/m1/s1. The number of aliphatic hydroxyl groups is 1. The van der Waals surface area contributed by atoms with Gasteiger partial charge in [-0.1, -0.05) is 31.6 Å². The summed E-state index contributed by atoms with van der Waals surface area (Å²) >= 11 is 0. The average Bonchev–Trinajstić information content (AvgIpc) is 3.11. The fraction of sp³-hybridized carbons (Fsp3) is 0.654. The van der Waals surface area contributed by atoms with Crippen molar-refractivity contribution in [3.05, 3.63) is 41.5 Å². The molecule has 0 bridgehead atoms. The number of alkyl halides is 3. The minimum atomic E-state index is -4.36. The van der Waals surface area contributed by atoms with Gasteiger partial charge in [0.2, 0.25) is 0 Å². The molecule has 2 aliphatic heterocycles. The summed E-state index contributed by atoms with van der Waals surface area (Å²) in [4.78, 5) is 17.0. The number of carbonyl (C=O) groups excluding carboxylic acids is 1. The number of halogens is 3. The van der Waals surface area contributed by atoms with Crippen LogP contribution in [0.5, 0.6) is 0 Å². The molecule has 3 fully saturated rings. The molecular formula is C26H33F3N2O3. The molecule has 0 radical (unpaired) electrons. The Kier molecular flexibility index (Phi) is 5.96. The normalized spacial score (nSPS) is 36.5. The number of piperazine rings is 1. The zero-order valence-corrected chi connectivity index (χ0v) is 19.7. The van der Waals surface area contributed by atoms with Crippen molar-refractivity contribution in [2.75, 3.05) is 37.6 Å². The Labute approximate surface area is 198 Å². The van der Waals surface area contributed by atoms with E-state index in [1.807, 2.05) is 4.90 Å². The molecule has 1 saturated carbocycles. The molecule has 34 heavy (non-hydrogen) atoms. The van der Waals surface area contributed by atoms with Gasteiger partial charge in [-0.05, 0) is 37.0 Å². The van der Waals surface area contributed by atoms with Crippen molar-refractivity contribution < 1.29 is 27.8 Å². The van der Waals surface area contributed by atoms with Gasteiger partial charge in [0, 0.05) is 56.2 Å². The number of nitrogens with zero attached hydrogens (tertiary/aromatic N) is 2. The summed E-state index contributed by atoms with van der Waals surface area (Å²) in [5.74, 6) is -0.495. The maximum atomic E-state index is 13.1. The summed E-state index contributed by atoms with van der Waals surface area (Å²) in [6.45, 7) is 7.30. The third-order valence-electron chi connectivity index (χ3n) is 8.94. The number of allylic oxidation sites excluding steroid dienone is 1. The van der Waals surface area contributed by atoms with Crippen LogP contribution in [0.25, 0.3) is 0 Å². The third kappa shape index (κ3) is 3.92. The Morgan fingerprint density at radius 1 is 1.21 bits per heavy atom. The van der Waals surface area contributed by atoms with E-state index in [-0.39, 0.29) is 29.3 Å². The van der Waals surface area contributed by atoms with Gasteiger partial charge in [-0.15, -0.1) is 0 Å². The molecule has 6 atom stereocenters. The molecule has 2 aliphatic carbocycles. The minimum absolute atomic E-state index is 0.225. The van der Waals surface area contributed by atoms with Crippen molar-refractivity contribution in [3.63, 3.8) is 0 Å². The van der Waals surface area contributed by atoms with E-state index in [0.29, 0.717) is 50.7 Å². The molecule has 2 heterocycles. The van der Waals surface area contributed by atoms with E-state index < -0.39 is 17.8 Å². The lowest BCUT2D eigenvalue weighted by molar-refractivity contribution is -0.145. The predicted molar refractivity (Wildman–Crippen MR) is 122 cm³/mol. The highest BCUT2D eigenvalue weighted by atomic mass is 19.4. The molecular weight excluding hydrogens is 445 g/mol. The molecule has 0 spiro atoms. The molecule has 2 saturated heterocycles. The number of rotatable bonds is 3. The number of esters is 1. The molecule has 1 N–H and O–H groups in total. The number of benzene rings is 1. The van der Waals surface area contributed by atoms with Crippen LogP contribution in [0.4, 0.5) is 18.9 Å². The van der Waals surface area contributed by atoms with Crippen molar-refractivity contribution in [2.45, 2.75) is 51.5 Å². The van der Waals surface area contributed by atoms with Gasteiger partial charge >= 0.3 is 12.1 Å². The largest absolute Gasteiger partial charge is 0.461 e. The van der Waals surface area contributed by atoms with Crippen LogP contribution in [0.2, 0.25) is 0 Å². The maximum absolute atomic E-state index is 13.1. The van der Waals surface area contributed by atoms with E-state index in [4.69, 9.17) is 4.74 Å². The summed E-state index contributed by atoms with van der Waals surface area (Å²) in [6.07, 6.45) is -0.296. The van der Waals surface area contributed by atoms with Crippen LogP contribution in [0, 0.1) is 23.2 Å². The van der Waals surface area contributed by atoms with Crippen molar-refractivity contribution >= 4 is 11.7 Å². The number of hydrogen-bond acceptors (Lipinski definition) is 5. The zero-order valence-electron chi connectivity index (χ0n) is 19.7. The summed E-state index contributed by atoms with van der Waals surface area (Å²) in [7, 11) is 0. The van der Waals surface area contributed by atoms with E-state index in [1.165, 1.54) is 17.7 Å². The van der Waals surface area contributed by atoms with E-state index in [9.17, 15) is 23.1 Å². The minimum Gasteiger partial charge on any atom is -0.461 e. The number of fused-ring (bicyclic) bond motifs is 2. The number of carbonyl (C=O) groups is 1. The monoisotopic (exact) mass is 478 g/mol. The second-order valence-electron chi connectivity index (χ2n) is 10.6. The first kappa shape index (κ1) is 23.7. The lowest BCUT2D eigenvalue weighted by Gasteiger charge is -2.52. The van der Waals surface area contributed by atoms with Crippen LogP contribution in [0.3, 0.4) is 0 Å². The highest BCUT2D eigenvalue weighted by molar-refractivity contribution is 5.76. The Morgan fingerprint density at radius 3 is 2.65 bits per heavy atom. The van der Waals surface area contributed by atoms with Crippen LogP contribution in [-0.4, -0.2) is 60.9 Å². The van der Waals surface area contributed by atoms with Gasteiger partial charge in [0.25, 0.3) is 0 Å². The predicted octanol–water partition coefficient (Wildman–Crippen LogP) is 4.11. The first-order valence-corrected chi connectivity index (χ1v) is 12.3. The molecule has 1 aromatic carbocycles. The Hall–Kier alpha value is -2.06. The summed E-state index contributed by atoms with van der Waals surface area (Å²) in [5, 5.41) is 11.5. The second kappa shape index (κ2) is 8.55. The molecule has 1 aromatic rings. The molecule has 0 aromatic heterocycles. The van der Waals surface area contributed by atoms with Crippen LogP contribution in [0.1, 0.15) is 38.7 Å². The molecule has 8 heteroatoms. The summed E-state index contributed by atoms with van der Waals surface area (Å²) < 4.78 is 45.0. The fourth-order valence-corrected chi connectivity index (χ4v) is 6.62. The smallest absolute Gasteiger partial charge is 0.416 e. The fourth-order valence-electron chi connectivity index (χ4n) is 6.62. The molecule has 1 unspecified atom stereocenters. The average molecular weight is 479 g/mol. The van der Waals surface area contributed by atoms with Gasteiger partial charge in [-0.3, -0.25) is 9.69 Å². The molecule has 5 rings (SSSR count). The lowest BCUT2D eigenvalue weighted by atomic mass is 9.55. The van der Waals surface area contributed by atoms with Gasteiger partial charge < -0.3 is 14.7 Å². The maximum Gasteiger partial charge on any atom is 0.416 e. The Morgan fingerprint density at radius 2 is 1.94 bits per heavy atom. The Balaban J connectivity index is 1.26. The second-order valence-corrected chi connectivity index (χ2v) is 10.6. The highest BCUT2D eigenvalue weighted by Gasteiger charge is 2.59. The molecule has 0 amide bonds. The van der Waals surface area contributed by atoms with Crippen molar-refractivity contribution in [2.24, 2.45) is 23.2 Å². The van der Waals surface area contributed by atoms with E-state index in [1.54, 1.807) is 6.07 Å².